The summed E-state index contributed by atoms with van der Waals surface area (Å²) in [6.07, 6.45) is 2.21. The summed E-state index contributed by atoms with van der Waals surface area (Å²) in [5.41, 5.74) is 1.77. The molecule has 0 N–H and O–H groups in total. The standard InChI is InChI=1S/C20H27N2O2.BrH.Pd/c1-5-13(3)17-11-23-19(21-17)15-8-7-9-16(10-15)20-22-18(12-24-20)14(4)6-2;;/h7-9,13-14,17-18H,5-6,11-12H2,1-4H3;1H;/q-1;;+2/p-1/t13-,14-,17+,18+;;/m0../s1. The molecule has 1 aromatic rings. The number of rotatable bonds is 6. The molecule has 3 rings (SSSR count). The van der Waals surface area contributed by atoms with Gasteiger partial charge in [0.15, 0.2) is 0 Å². The molecule has 2 aliphatic rings. The molecule has 1 aromatic carbocycles. The van der Waals surface area contributed by atoms with Crippen molar-refractivity contribution in [2.24, 2.45) is 21.8 Å². The fourth-order valence-corrected chi connectivity index (χ4v) is 2.92. The predicted molar refractivity (Wildman–Crippen MR) is 106 cm³/mol. The second-order valence-corrected chi connectivity index (χ2v) is 6.87. The van der Waals surface area contributed by atoms with Crippen LogP contribution >= 0.6 is 13.4 Å². The van der Waals surface area contributed by atoms with Crippen LogP contribution in [0, 0.1) is 17.9 Å². The second-order valence-electron chi connectivity index (χ2n) is 6.87. The fourth-order valence-electron chi connectivity index (χ4n) is 2.92. The van der Waals surface area contributed by atoms with E-state index in [2.05, 4.69) is 64.4 Å². The minimum atomic E-state index is 0.247. The van der Waals surface area contributed by atoms with Gasteiger partial charge < -0.3 is 9.47 Å². The topological polar surface area (TPSA) is 43.2 Å². The maximum absolute atomic E-state index is 5.81. The van der Waals surface area contributed by atoms with Crippen LogP contribution in [0.2, 0.25) is 0 Å². The molecule has 2 aliphatic heterocycles. The third-order valence-corrected chi connectivity index (χ3v) is 5.21. The van der Waals surface area contributed by atoms with Crippen molar-refractivity contribution in [2.75, 3.05) is 13.2 Å². The van der Waals surface area contributed by atoms with Gasteiger partial charge in [0, 0.05) is 0 Å². The average Bonchev–Trinajstić information content (AvgIpc) is 3.38. The van der Waals surface area contributed by atoms with Crippen molar-refractivity contribution < 1.29 is 26.7 Å². The zero-order valence-corrected chi connectivity index (χ0v) is 18.9. The molecule has 0 unspecified atom stereocenters. The van der Waals surface area contributed by atoms with E-state index in [1.165, 1.54) is 0 Å². The third-order valence-electron chi connectivity index (χ3n) is 5.21. The molecule has 6 heteroatoms. The molecule has 0 amide bonds. The van der Waals surface area contributed by atoms with E-state index in [-0.39, 0.29) is 12.1 Å². The first-order valence-corrected chi connectivity index (χ1v) is 12.7. The summed E-state index contributed by atoms with van der Waals surface area (Å²) in [5, 5.41) is 0. The van der Waals surface area contributed by atoms with E-state index in [1.54, 1.807) is 0 Å². The molecule has 4 atom stereocenters. The van der Waals surface area contributed by atoms with E-state index in [9.17, 15) is 0 Å². The van der Waals surface area contributed by atoms with Crippen molar-refractivity contribution in [1.82, 2.24) is 0 Å². The van der Waals surface area contributed by atoms with Gasteiger partial charge in [-0.25, -0.2) is 0 Å². The number of nitrogens with zero attached hydrogens (tertiary/aromatic N) is 2. The van der Waals surface area contributed by atoms with Gasteiger partial charge in [-0.2, -0.15) is 0 Å². The van der Waals surface area contributed by atoms with Gasteiger partial charge >= 0.3 is 30.6 Å². The Morgan fingerprint density at radius 1 is 1.00 bits per heavy atom. The van der Waals surface area contributed by atoms with Crippen LogP contribution in [0.25, 0.3) is 0 Å². The second kappa shape index (κ2) is 10.6. The Balaban J connectivity index is 0.00000117. The summed E-state index contributed by atoms with van der Waals surface area (Å²) >= 11 is 5.35. The van der Waals surface area contributed by atoms with E-state index in [0.29, 0.717) is 36.8 Å². The van der Waals surface area contributed by atoms with Crippen molar-refractivity contribution in [3.63, 3.8) is 0 Å². The van der Waals surface area contributed by atoms with Crippen molar-refractivity contribution in [3.05, 3.63) is 35.4 Å². The molecule has 0 saturated carbocycles. The summed E-state index contributed by atoms with van der Waals surface area (Å²) in [5.74, 6) is 2.45. The fraction of sp³-hybridized carbons (Fsp3) is 0.600. The number of halogens is 1. The van der Waals surface area contributed by atoms with Crippen LogP contribution in [0.4, 0.5) is 0 Å². The monoisotopic (exact) mass is 512 g/mol. The van der Waals surface area contributed by atoms with E-state index in [0.717, 1.165) is 24.0 Å². The first-order valence-electron chi connectivity index (χ1n) is 9.18. The van der Waals surface area contributed by atoms with Gasteiger partial charge in [0.05, 0.1) is 12.1 Å². The summed E-state index contributed by atoms with van der Waals surface area (Å²) < 4.78 is 11.6. The number of hydrogen-bond acceptors (Lipinski definition) is 4. The van der Waals surface area contributed by atoms with Crippen molar-refractivity contribution in [1.29, 1.82) is 0 Å². The van der Waals surface area contributed by atoms with Gasteiger partial charge in [-0.1, -0.05) is 51.7 Å². The molecule has 0 aliphatic carbocycles. The van der Waals surface area contributed by atoms with Crippen LogP contribution in [-0.2, 0) is 26.7 Å². The molecule has 0 saturated heterocycles. The molecule has 4 nitrogen and oxygen atoms in total. The molecular weight excluding hydrogens is 487 g/mol. The number of benzene rings is 1. The van der Waals surface area contributed by atoms with Gasteiger partial charge in [-0.15, -0.1) is 24.3 Å². The molecule has 0 aromatic heterocycles. The third kappa shape index (κ3) is 5.18. The Morgan fingerprint density at radius 3 is 1.81 bits per heavy atom. The summed E-state index contributed by atoms with van der Waals surface area (Å²) in [6.45, 7) is 10.1. The van der Waals surface area contributed by atoms with Crippen LogP contribution in [-0.4, -0.2) is 37.1 Å². The molecular formula is C20H27BrN2O2Pd. The summed E-state index contributed by atoms with van der Waals surface area (Å²) in [6, 6.07) is 9.84. The number of hydrogen-bond donors (Lipinski definition) is 0. The Morgan fingerprint density at radius 2 is 1.42 bits per heavy atom. The SMILES string of the molecule is CC[C@H](C)[C@H]1COC(c2[c-]c(C3=N[C@@H]([C@@H](C)CC)CO3)ccc2)=N1.[Br][Pd+]. The van der Waals surface area contributed by atoms with Gasteiger partial charge in [-0.05, 0) is 11.8 Å². The van der Waals surface area contributed by atoms with Crippen LogP contribution in [0.15, 0.2) is 28.2 Å². The summed E-state index contributed by atoms with van der Waals surface area (Å²) in [7, 11) is 0. The summed E-state index contributed by atoms with van der Waals surface area (Å²) in [4.78, 5) is 9.47. The molecule has 0 radical (unpaired) electrons. The quantitative estimate of drug-likeness (QED) is 0.408. The Kier molecular flexibility index (Phi) is 8.80. The first kappa shape index (κ1) is 21.6. The van der Waals surface area contributed by atoms with Gasteiger partial charge in [-0.3, -0.25) is 9.98 Å². The average molecular weight is 514 g/mol. The van der Waals surface area contributed by atoms with Crippen molar-refractivity contribution in [3.8, 4) is 0 Å². The Hall–Kier alpha value is -0.698. The first-order chi connectivity index (χ1) is 12.6. The van der Waals surface area contributed by atoms with E-state index in [4.69, 9.17) is 19.5 Å². The Bertz CT molecular complexity index is 599. The van der Waals surface area contributed by atoms with Crippen molar-refractivity contribution in [2.45, 2.75) is 52.6 Å². The van der Waals surface area contributed by atoms with Crippen LogP contribution in [0.5, 0.6) is 0 Å². The van der Waals surface area contributed by atoms with E-state index in [1.807, 2.05) is 18.2 Å². The van der Waals surface area contributed by atoms with Crippen LogP contribution in [0.3, 0.4) is 0 Å². The van der Waals surface area contributed by atoms with Gasteiger partial charge in [0.1, 0.15) is 25.0 Å². The zero-order valence-electron chi connectivity index (χ0n) is 15.8. The van der Waals surface area contributed by atoms with E-state index >= 15 is 0 Å². The van der Waals surface area contributed by atoms with E-state index < -0.39 is 0 Å². The molecule has 2 heterocycles. The van der Waals surface area contributed by atoms with Gasteiger partial charge in [0.2, 0.25) is 0 Å². The zero-order chi connectivity index (χ0) is 19.1. The molecule has 0 bridgehead atoms. The molecule has 146 valence electrons. The maximum atomic E-state index is 5.81. The number of ether oxygens (including phenoxy) is 2. The molecule has 26 heavy (non-hydrogen) atoms. The van der Waals surface area contributed by atoms with Crippen LogP contribution in [0.1, 0.15) is 51.7 Å². The minimum absolute atomic E-state index is 0.247. The van der Waals surface area contributed by atoms with Crippen LogP contribution < -0.4 is 0 Å². The predicted octanol–water partition coefficient (Wildman–Crippen LogP) is 4.71. The number of aliphatic imine (C=N–C) groups is 2. The normalized spacial score (nSPS) is 23.8. The van der Waals surface area contributed by atoms with Crippen molar-refractivity contribution >= 4 is 25.2 Å². The Labute approximate surface area is 174 Å². The van der Waals surface area contributed by atoms with Gasteiger partial charge in [0.25, 0.3) is 0 Å². The molecule has 0 spiro atoms. The molecule has 0 fully saturated rings.